The van der Waals surface area contributed by atoms with Gasteiger partial charge in [-0.3, -0.25) is 14.4 Å². The van der Waals surface area contributed by atoms with Crippen LogP contribution in [0.15, 0.2) is 109 Å². The van der Waals surface area contributed by atoms with Gasteiger partial charge in [-0.05, 0) is 122 Å². The van der Waals surface area contributed by atoms with Crippen molar-refractivity contribution in [1.82, 2.24) is 0 Å². The van der Waals surface area contributed by atoms with Gasteiger partial charge in [0.25, 0.3) is 0 Å². The van der Waals surface area contributed by atoms with Gasteiger partial charge >= 0.3 is 17.9 Å². The third-order valence-electron chi connectivity index (χ3n) is 11.7. The molecule has 0 aromatic heterocycles. The molecule has 0 N–H and O–H groups in total. The van der Waals surface area contributed by atoms with E-state index in [-0.39, 0.29) is 31.1 Å². The van der Waals surface area contributed by atoms with E-state index in [2.05, 4.69) is 130 Å². The smallest absolute Gasteiger partial charge is 0.306 e. The molecule has 0 fully saturated rings. The highest BCUT2D eigenvalue weighted by Gasteiger charge is 2.19. The molecule has 6 heteroatoms. The van der Waals surface area contributed by atoms with Crippen LogP contribution in [0, 0.1) is 0 Å². The first-order valence-corrected chi connectivity index (χ1v) is 28.4. The Balaban J connectivity index is 4.33. The van der Waals surface area contributed by atoms with Crippen LogP contribution in [0.5, 0.6) is 0 Å². The van der Waals surface area contributed by atoms with E-state index >= 15 is 0 Å². The zero-order valence-electron chi connectivity index (χ0n) is 44.8. The predicted octanol–water partition coefficient (Wildman–Crippen LogP) is 19.1. The lowest BCUT2D eigenvalue weighted by Gasteiger charge is -2.18. The Morgan fingerprint density at radius 3 is 0.942 bits per heavy atom. The molecule has 1 atom stereocenters. The Morgan fingerprint density at radius 1 is 0.304 bits per heavy atom. The third-order valence-corrected chi connectivity index (χ3v) is 11.7. The molecular weight excluding hydrogens is 853 g/mol. The molecule has 0 amide bonds. The third kappa shape index (κ3) is 54.9. The molecule has 0 radical (unpaired) electrons. The van der Waals surface area contributed by atoms with E-state index in [4.69, 9.17) is 14.2 Å². The lowest BCUT2D eigenvalue weighted by Crippen LogP contribution is -2.30. The Hall–Kier alpha value is -3.93. The van der Waals surface area contributed by atoms with Gasteiger partial charge in [-0.15, -0.1) is 0 Å². The second-order valence-corrected chi connectivity index (χ2v) is 18.5. The van der Waals surface area contributed by atoms with E-state index in [0.29, 0.717) is 19.3 Å². The topological polar surface area (TPSA) is 78.9 Å². The molecule has 0 saturated carbocycles. The van der Waals surface area contributed by atoms with Crippen molar-refractivity contribution in [2.75, 3.05) is 13.2 Å². The van der Waals surface area contributed by atoms with E-state index in [1.165, 1.54) is 64.2 Å². The molecule has 6 nitrogen and oxygen atoms in total. The summed E-state index contributed by atoms with van der Waals surface area (Å²) in [4.78, 5) is 38.0. The normalized spacial score (nSPS) is 12.9. The Bertz CT molecular complexity index is 1420. The van der Waals surface area contributed by atoms with E-state index < -0.39 is 6.10 Å². The molecule has 1 unspecified atom stereocenters. The van der Waals surface area contributed by atoms with E-state index in [0.717, 1.165) is 148 Å². The molecule has 0 rings (SSSR count). The zero-order valence-corrected chi connectivity index (χ0v) is 44.8. The molecule has 0 aromatic carbocycles. The number of rotatable bonds is 50. The lowest BCUT2D eigenvalue weighted by atomic mass is 10.1. The molecule has 0 saturated heterocycles. The Kier molecular flexibility index (Phi) is 53.4. The minimum absolute atomic E-state index is 0.0931. The molecule has 0 spiro atoms. The van der Waals surface area contributed by atoms with Gasteiger partial charge in [0.05, 0.1) is 0 Å². The second kappa shape index (κ2) is 56.7. The summed E-state index contributed by atoms with van der Waals surface area (Å²) in [6, 6.07) is 0. The number of carbonyl (C=O) groups excluding carboxylic acids is 3. The molecule has 0 aliphatic heterocycles. The summed E-state index contributed by atoms with van der Waals surface area (Å²) in [6.07, 6.45) is 76.5. The van der Waals surface area contributed by atoms with Crippen molar-refractivity contribution in [2.24, 2.45) is 0 Å². The summed E-state index contributed by atoms with van der Waals surface area (Å²) in [5, 5.41) is 0. The van der Waals surface area contributed by atoms with Crippen LogP contribution in [-0.4, -0.2) is 37.2 Å². The fraction of sp³-hybridized carbons (Fsp3) is 0.667. The quantitative estimate of drug-likeness (QED) is 0.0262. The lowest BCUT2D eigenvalue weighted by molar-refractivity contribution is -0.167. The first-order chi connectivity index (χ1) is 34.0. The van der Waals surface area contributed by atoms with Crippen molar-refractivity contribution in [3.63, 3.8) is 0 Å². The van der Waals surface area contributed by atoms with Crippen molar-refractivity contribution < 1.29 is 28.6 Å². The molecule has 0 aromatic rings. The Morgan fingerprint density at radius 2 is 0.580 bits per heavy atom. The first kappa shape index (κ1) is 65.1. The minimum Gasteiger partial charge on any atom is -0.462 e. The van der Waals surface area contributed by atoms with Crippen molar-refractivity contribution in [3.05, 3.63) is 109 Å². The minimum atomic E-state index is -0.794. The van der Waals surface area contributed by atoms with Crippen LogP contribution >= 0.6 is 0 Å². The molecule has 0 aliphatic rings. The first-order valence-electron chi connectivity index (χ1n) is 28.4. The van der Waals surface area contributed by atoms with Crippen molar-refractivity contribution >= 4 is 17.9 Å². The summed E-state index contributed by atoms with van der Waals surface area (Å²) in [7, 11) is 0. The maximum atomic E-state index is 12.8. The molecule has 0 heterocycles. The maximum absolute atomic E-state index is 12.8. The van der Waals surface area contributed by atoms with Crippen LogP contribution in [-0.2, 0) is 28.6 Å². The second-order valence-electron chi connectivity index (χ2n) is 18.5. The summed E-state index contributed by atoms with van der Waals surface area (Å²) in [5.74, 6) is -0.933. The van der Waals surface area contributed by atoms with Gasteiger partial charge in [-0.1, -0.05) is 220 Å². The van der Waals surface area contributed by atoms with E-state index in [9.17, 15) is 14.4 Å². The fourth-order valence-electron chi connectivity index (χ4n) is 7.46. The van der Waals surface area contributed by atoms with Gasteiger partial charge in [0.1, 0.15) is 13.2 Å². The van der Waals surface area contributed by atoms with Gasteiger partial charge in [-0.25, -0.2) is 0 Å². The predicted molar refractivity (Wildman–Crippen MR) is 297 cm³/mol. The summed E-state index contributed by atoms with van der Waals surface area (Å²) in [5.41, 5.74) is 0. The van der Waals surface area contributed by atoms with Crippen LogP contribution in [0.25, 0.3) is 0 Å². The number of hydrogen-bond donors (Lipinski definition) is 0. The van der Waals surface area contributed by atoms with Crippen LogP contribution < -0.4 is 0 Å². The van der Waals surface area contributed by atoms with Gasteiger partial charge in [0.15, 0.2) is 6.10 Å². The molecule has 0 aliphatic carbocycles. The van der Waals surface area contributed by atoms with Crippen LogP contribution in [0.3, 0.4) is 0 Å². The van der Waals surface area contributed by atoms with Gasteiger partial charge < -0.3 is 14.2 Å². The number of carbonyl (C=O) groups is 3. The number of allylic oxidation sites excluding steroid dienone is 18. The van der Waals surface area contributed by atoms with Crippen LogP contribution in [0.1, 0.15) is 252 Å². The van der Waals surface area contributed by atoms with Crippen molar-refractivity contribution in [1.29, 1.82) is 0 Å². The summed E-state index contributed by atoms with van der Waals surface area (Å²) in [6.45, 7) is 6.43. The summed E-state index contributed by atoms with van der Waals surface area (Å²) >= 11 is 0. The number of ether oxygens (including phenoxy) is 3. The van der Waals surface area contributed by atoms with Gasteiger partial charge in [0, 0.05) is 19.3 Å². The fourth-order valence-corrected chi connectivity index (χ4v) is 7.46. The average Bonchev–Trinajstić information content (AvgIpc) is 3.35. The Labute approximate surface area is 425 Å². The standard InChI is InChI=1S/C63H104O6/c1-4-7-10-13-16-19-22-24-25-26-27-28-29-30-31-32-33-34-35-36-37-39-41-44-47-50-53-56-62(65)68-59-60(58-67-61(64)55-52-49-46-43-40-21-18-15-12-9-6-3)69-63(66)57-54-51-48-45-42-38-23-20-17-14-11-8-5-2/h7,10,15-16,18-20,23-25,27-28,30-31,33-34,36-37,60H,4-6,8-9,11-14,17,21-22,26,29,32,35,38-59H2,1-3H3/b10-7-,18-15-,19-16-,23-20-,25-24-,28-27-,31-30-,34-33-,37-36-. The van der Waals surface area contributed by atoms with Crippen molar-refractivity contribution in [2.45, 2.75) is 258 Å². The van der Waals surface area contributed by atoms with Gasteiger partial charge in [0.2, 0.25) is 0 Å². The average molecular weight is 958 g/mol. The largest absolute Gasteiger partial charge is 0.462 e. The van der Waals surface area contributed by atoms with Crippen molar-refractivity contribution in [3.8, 4) is 0 Å². The van der Waals surface area contributed by atoms with E-state index in [1.54, 1.807) is 0 Å². The number of unbranched alkanes of at least 4 members (excludes halogenated alkanes) is 21. The van der Waals surface area contributed by atoms with Crippen LogP contribution in [0.2, 0.25) is 0 Å². The molecule has 69 heavy (non-hydrogen) atoms. The zero-order chi connectivity index (χ0) is 50.0. The SMILES string of the molecule is CC/C=C\C/C=C\C/C=C\C/C=C\C/C=C\C/C=C\C/C=C\CCCCCCCC(=O)OCC(COC(=O)CCCCCCC/C=C\CCCC)OC(=O)CCCCCCC/C=C\CCCCCC. The molecular formula is C63H104O6. The van der Waals surface area contributed by atoms with E-state index in [1.807, 2.05) is 0 Å². The number of esters is 3. The molecule has 392 valence electrons. The highest BCUT2D eigenvalue weighted by molar-refractivity contribution is 5.71. The highest BCUT2D eigenvalue weighted by Crippen LogP contribution is 2.13. The van der Waals surface area contributed by atoms with Crippen LogP contribution in [0.4, 0.5) is 0 Å². The highest BCUT2D eigenvalue weighted by atomic mass is 16.6. The summed E-state index contributed by atoms with van der Waals surface area (Å²) < 4.78 is 16.8. The van der Waals surface area contributed by atoms with Gasteiger partial charge in [-0.2, -0.15) is 0 Å². The maximum Gasteiger partial charge on any atom is 0.306 e. The number of hydrogen-bond acceptors (Lipinski definition) is 6. The molecule has 0 bridgehead atoms. The monoisotopic (exact) mass is 957 g/mol.